The van der Waals surface area contributed by atoms with Crippen molar-refractivity contribution in [1.82, 2.24) is 9.36 Å². The first-order valence-corrected chi connectivity index (χ1v) is 13.8. The van der Waals surface area contributed by atoms with Gasteiger partial charge in [0.15, 0.2) is 11.5 Å². The van der Waals surface area contributed by atoms with E-state index < -0.39 is 15.7 Å². The Morgan fingerprint density at radius 2 is 1.89 bits per heavy atom. The predicted molar refractivity (Wildman–Crippen MR) is 140 cm³/mol. The molecule has 1 amide bonds. The van der Waals surface area contributed by atoms with Gasteiger partial charge in [-0.3, -0.25) is 10.1 Å². The van der Waals surface area contributed by atoms with Crippen LogP contribution in [-0.2, 0) is 14.6 Å². The van der Waals surface area contributed by atoms with Gasteiger partial charge in [-0.25, -0.2) is 8.42 Å². The average Bonchev–Trinajstić information content (AvgIpc) is 3.35. The fraction of sp³-hybridized carbons (Fsp3) is 0.280. The Morgan fingerprint density at radius 1 is 1.11 bits per heavy atom. The Kier molecular flexibility index (Phi) is 9.59. The fourth-order valence-electron chi connectivity index (χ4n) is 3.01. The van der Waals surface area contributed by atoms with Crippen LogP contribution in [0, 0.1) is 18.3 Å². The van der Waals surface area contributed by atoms with Crippen molar-refractivity contribution >= 4 is 38.5 Å². The van der Waals surface area contributed by atoms with Crippen LogP contribution in [0.2, 0.25) is 0 Å². The SMILES string of the molecule is CCOc1cc(/C=C(/C#N)C(=O)Nc2nc(S(=O)(=O)CC)ns2)ccc1OCCOc1cccc(C)c1. The van der Waals surface area contributed by atoms with E-state index in [2.05, 4.69) is 14.7 Å². The lowest BCUT2D eigenvalue weighted by Crippen LogP contribution is -2.14. The van der Waals surface area contributed by atoms with Crippen molar-refractivity contribution in [3.63, 3.8) is 0 Å². The molecule has 0 radical (unpaired) electrons. The van der Waals surface area contributed by atoms with Gasteiger partial charge < -0.3 is 14.2 Å². The summed E-state index contributed by atoms with van der Waals surface area (Å²) in [5.74, 6) is 0.789. The largest absolute Gasteiger partial charge is 0.490 e. The Labute approximate surface area is 219 Å². The molecule has 3 aromatic rings. The van der Waals surface area contributed by atoms with Crippen molar-refractivity contribution in [1.29, 1.82) is 5.26 Å². The second-order valence-electron chi connectivity index (χ2n) is 7.56. The van der Waals surface area contributed by atoms with Crippen molar-refractivity contribution in [3.05, 3.63) is 59.2 Å². The zero-order valence-electron chi connectivity index (χ0n) is 20.6. The summed E-state index contributed by atoms with van der Waals surface area (Å²) < 4.78 is 44.7. The van der Waals surface area contributed by atoms with Crippen molar-refractivity contribution in [2.45, 2.75) is 25.9 Å². The maximum Gasteiger partial charge on any atom is 0.268 e. The minimum Gasteiger partial charge on any atom is -0.490 e. The van der Waals surface area contributed by atoms with E-state index >= 15 is 0 Å². The molecular weight excluding hydrogens is 516 g/mol. The minimum atomic E-state index is -3.60. The van der Waals surface area contributed by atoms with E-state index in [-0.39, 0.29) is 28.2 Å². The molecule has 2 aromatic carbocycles. The summed E-state index contributed by atoms with van der Waals surface area (Å²) in [6, 6.07) is 14.6. The lowest BCUT2D eigenvalue weighted by Gasteiger charge is -2.13. The highest BCUT2D eigenvalue weighted by Gasteiger charge is 2.20. The van der Waals surface area contributed by atoms with Gasteiger partial charge in [-0.2, -0.15) is 14.6 Å². The standard InChI is InChI=1S/C25H26N4O6S2/c1-4-33-22-15-18(9-10-21(22)35-12-11-34-20-8-6-7-17(3)13-20)14-19(16-26)23(30)27-24-28-25(29-36-24)37(31,32)5-2/h6-10,13-15H,4-5,11-12H2,1-3H3,(H,27,28,29,30)/b19-14-. The second kappa shape index (κ2) is 12.8. The summed E-state index contributed by atoms with van der Waals surface area (Å²) in [6.07, 6.45) is 1.38. The summed E-state index contributed by atoms with van der Waals surface area (Å²) in [5.41, 5.74) is 1.42. The quantitative estimate of drug-likeness (QED) is 0.204. The highest BCUT2D eigenvalue weighted by molar-refractivity contribution is 7.91. The number of hydrogen-bond acceptors (Lipinski definition) is 10. The van der Waals surface area contributed by atoms with Crippen LogP contribution in [0.3, 0.4) is 0 Å². The van der Waals surface area contributed by atoms with Crippen LogP contribution in [0.4, 0.5) is 5.13 Å². The van der Waals surface area contributed by atoms with Crippen molar-refractivity contribution in [3.8, 4) is 23.3 Å². The molecule has 194 valence electrons. The topological polar surface area (TPSA) is 140 Å². The van der Waals surface area contributed by atoms with Gasteiger partial charge in [0.1, 0.15) is 30.6 Å². The van der Waals surface area contributed by atoms with Crippen LogP contribution in [0.1, 0.15) is 25.0 Å². The zero-order valence-corrected chi connectivity index (χ0v) is 22.2. The molecule has 0 saturated carbocycles. The molecule has 0 unspecified atom stereocenters. The Hall–Kier alpha value is -3.95. The second-order valence-corrected chi connectivity index (χ2v) is 10.5. The molecular formula is C25H26N4O6S2. The van der Waals surface area contributed by atoms with Crippen molar-refractivity contribution in [2.24, 2.45) is 0 Å². The third kappa shape index (κ3) is 7.77. The third-order valence-electron chi connectivity index (χ3n) is 4.83. The van der Waals surface area contributed by atoms with Gasteiger partial charge in [0.05, 0.1) is 12.4 Å². The summed E-state index contributed by atoms with van der Waals surface area (Å²) >= 11 is 0.718. The van der Waals surface area contributed by atoms with Crippen LogP contribution in [0.5, 0.6) is 17.2 Å². The number of anilines is 1. The van der Waals surface area contributed by atoms with Crippen molar-refractivity contribution in [2.75, 3.05) is 30.9 Å². The maximum absolute atomic E-state index is 12.6. The first-order valence-electron chi connectivity index (χ1n) is 11.3. The van der Waals surface area contributed by atoms with Gasteiger partial charge in [-0.15, -0.1) is 0 Å². The van der Waals surface area contributed by atoms with E-state index in [0.717, 1.165) is 22.8 Å². The smallest absolute Gasteiger partial charge is 0.268 e. The van der Waals surface area contributed by atoms with E-state index in [0.29, 0.717) is 30.3 Å². The number of aryl methyl sites for hydroxylation is 1. The molecule has 0 fully saturated rings. The normalized spacial score (nSPS) is 11.5. The number of nitrogens with zero attached hydrogens (tertiary/aromatic N) is 3. The summed E-state index contributed by atoms with van der Waals surface area (Å²) in [4.78, 5) is 16.4. The molecule has 0 aliphatic heterocycles. The number of nitrogens with one attached hydrogen (secondary N) is 1. The van der Waals surface area contributed by atoms with Gasteiger partial charge in [0.25, 0.3) is 11.1 Å². The van der Waals surface area contributed by atoms with E-state index in [1.54, 1.807) is 18.2 Å². The zero-order chi connectivity index (χ0) is 26.8. The maximum atomic E-state index is 12.6. The molecule has 0 aliphatic carbocycles. The first-order chi connectivity index (χ1) is 17.7. The lowest BCUT2D eigenvalue weighted by molar-refractivity contribution is -0.112. The van der Waals surface area contributed by atoms with Gasteiger partial charge in [0.2, 0.25) is 15.0 Å². The predicted octanol–water partition coefficient (Wildman–Crippen LogP) is 4.04. The van der Waals surface area contributed by atoms with Crippen LogP contribution in [0.25, 0.3) is 6.08 Å². The van der Waals surface area contributed by atoms with Crippen LogP contribution in [-0.4, -0.2) is 49.3 Å². The number of carbonyl (C=O) groups is 1. The molecule has 1 aromatic heterocycles. The molecule has 1 heterocycles. The Bertz CT molecular complexity index is 1430. The number of aromatic nitrogens is 2. The van der Waals surface area contributed by atoms with Gasteiger partial charge >= 0.3 is 0 Å². The average molecular weight is 543 g/mol. The van der Waals surface area contributed by atoms with Crippen LogP contribution >= 0.6 is 11.5 Å². The molecule has 37 heavy (non-hydrogen) atoms. The number of hydrogen-bond donors (Lipinski definition) is 1. The van der Waals surface area contributed by atoms with E-state index in [9.17, 15) is 18.5 Å². The van der Waals surface area contributed by atoms with E-state index in [1.807, 2.05) is 44.2 Å². The number of amides is 1. The minimum absolute atomic E-state index is 0.0233. The highest BCUT2D eigenvalue weighted by atomic mass is 32.2. The Morgan fingerprint density at radius 3 is 2.59 bits per heavy atom. The summed E-state index contributed by atoms with van der Waals surface area (Å²) in [6.45, 7) is 6.29. The highest BCUT2D eigenvalue weighted by Crippen LogP contribution is 2.29. The lowest BCUT2D eigenvalue weighted by atomic mass is 10.1. The molecule has 10 nitrogen and oxygen atoms in total. The summed E-state index contributed by atoms with van der Waals surface area (Å²) in [7, 11) is -3.60. The monoisotopic (exact) mass is 542 g/mol. The number of carbonyl (C=O) groups excluding carboxylic acids is 1. The molecule has 3 rings (SSSR count). The van der Waals surface area contributed by atoms with Crippen molar-refractivity contribution < 1.29 is 27.4 Å². The number of rotatable bonds is 12. The van der Waals surface area contributed by atoms with E-state index in [4.69, 9.17) is 14.2 Å². The molecule has 0 bridgehead atoms. The summed E-state index contributed by atoms with van der Waals surface area (Å²) in [5, 5.41) is 11.5. The number of nitriles is 1. The molecule has 0 aliphatic rings. The van der Waals surface area contributed by atoms with E-state index in [1.165, 1.54) is 13.0 Å². The number of benzene rings is 2. The van der Waals surface area contributed by atoms with Gasteiger partial charge in [0, 0.05) is 11.5 Å². The van der Waals surface area contributed by atoms with Gasteiger partial charge in [-0.1, -0.05) is 25.1 Å². The van der Waals surface area contributed by atoms with Crippen LogP contribution < -0.4 is 19.5 Å². The first kappa shape index (κ1) is 27.6. The molecule has 12 heteroatoms. The Balaban J connectivity index is 1.68. The molecule has 0 atom stereocenters. The third-order valence-corrected chi connectivity index (χ3v) is 7.07. The molecule has 0 spiro atoms. The molecule has 1 N–H and O–H groups in total. The van der Waals surface area contributed by atoms with Gasteiger partial charge in [-0.05, 0) is 55.3 Å². The van der Waals surface area contributed by atoms with Crippen LogP contribution in [0.15, 0.2) is 53.2 Å². The number of sulfone groups is 1. The molecule has 0 saturated heterocycles. The fourth-order valence-corrected chi connectivity index (χ4v) is 4.60. The number of ether oxygens (including phenoxy) is 3.